The molecule has 2 heterocycles. The summed E-state index contributed by atoms with van der Waals surface area (Å²) in [7, 11) is 0. The first-order valence-electron chi connectivity index (χ1n) is 12.4. The Hall–Kier alpha value is -2.57. The van der Waals surface area contributed by atoms with E-state index < -0.39 is 71.6 Å². The summed E-state index contributed by atoms with van der Waals surface area (Å²) in [6.45, 7) is 2.95. The molecule has 0 spiro atoms. The zero-order chi connectivity index (χ0) is 27.3. The number of nitrogens with zero attached hydrogens (tertiary/aromatic N) is 2. The molecule has 206 valence electrons. The molecule has 0 aromatic carbocycles. The van der Waals surface area contributed by atoms with Crippen LogP contribution in [0.5, 0.6) is 0 Å². The summed E-state index contributed by atoms with van der Waals surface area (Å²) in [4.78, 5) is 64.4. The van der Waals surface area contributed by atoms with Gasteiger partial charge in [0.25, 0.3) is 23.4 Å². The van der Waals surface area contributed by atoms with Gasteiger partial charge in [0, 0.05) is 18.5 Å². The van der Waals surface area contributed by atoms with Crippen LogP contribution in [-0.2, 0) is 24.0 Å². The number of carbonyl (C=O) groups excluding carboxylic acids is 5. The number of nitrogens with one attached hydrogen (secondary N) is 3. The minimum absolute atomic E-state index is 0.00989. The van der Waals surface area contributed by atoms with Gasteiger partial charge in [-0.3, -0.25) is 29.4 Å². The molecule has 10 nitrogen and oxygen atoms in total. The van der Waals surface area contributed by atoms with Gasteiger partial charge in [-0.05, 0) is 44.9 Å². The SMILES string of the molecule is CC1(C)CC(CN(NC(=O)[C@@H]2[C@H]3CCC[C@H]3CN2C(=O)CNC(=O)[C@@H]2CC2(F)F)C(=O)C(F)Cl)C(=O)N1. The fourth-order valence-corrected chi connectivity index (χ4v) is 5.97. The van der Waals surface area contributed by atoms with Crippen molar-refractivity contribution in [2.75, 3.05) is 19.6 Å². The third kappa shape index (κ3) is 5.80. The molecule has 14 heteroatoms. The van der Waals surface area contributed by atoms with Crippen LogP contribution in [-0.4, -0.2) is 82.2 Å². The second-order valence-electron chi connectivity index (χ2n) is 11.1. The second kappa shape index (κ2) is 9.95. The fourth-order valence-electron chi connectivity index (χ4n) is 5.85. The zero-order valence-corrected chi connectivity index (χ0v) is 21.3. The van der Waals surface area contributed by atoms with Crippen LogP contribution in [0.3, 0.4) is 0 Å². The predicted octanol–water partition coefficient (Wildman–Crippen LogP) is 0.694. The molecule has 0 aromatic heterocycles. The molecule has 0 radical (unpaired) electrons. The minimum Gasteiger partial charge on any atom is -0.351 e. The van der Waals surface area contributed by atoms with Crippen molar-refractivity contribution in [2.24, 2.45) is 23.7 Å². The van der Waals surface area contributed by atoms with Crippen LogP contribution in [0.15, 0.2) is 0 Å². The van der Waals surface area contributed by atoms with Crippen LogP contribution >= 0.6 is 11.6 Å². The number of halogens is 4. The van der Waals surface area contributed by atoms with E-state index in [9.17, 15) is 37.1 Å². The lowest BCUT2D eigenvalue weighted by Crippen LogP contribution is -2.58. The van der Waals surface area contributed by atoms with E-state index in [0.717, 1.165) is 12.8 Å². The Kier molecular flexibility index (Phi) is 7.39. The Labute approximate surface area is 216 Å². The van der Waals surface area contributed by atoms with Gasteiger partial charge in [0.05, 0.1) is 19.0 Å². The Bertz CT molecular complexity index is 996. The van der Waals surface area contributed by atoms with E-state index in [4.69, 9.17) is 11.6 Å². The summed E-state index contributed by atoms with van der Waals surface area (Å²) in [6, 6.07) is -1.02. The van der Waals surface area contributed by atoms with Crippen LogP contribution in [0, 0.1) is 23.7 Å². The number of hydrogen-bond donors (Lipinski definition) is 3. The molecule has 6 atom stereocenters. The van der Waals surface area contributed by atoms with Crippen LogP contribution in [0.2, 0.25) is 0 Å². The number of fused-ring (bicyclic) bond motifs is 1. The molecule has 4 aliphatic rings. The van der Waals surface area contributed by atoms with Crippen molar-refractivity contribution in [3.63, 3.8) is 0 Å². The van der Waals surface area contributed by atoms with E-state index in [2.05, 4.69) is 16.1 Å². The van der Waals surface area contributed by atoms with E-state index in [1.54, 1.807) is 13.8 Å². The van der Waals surface area contributed by atoms with E-state index >= 15 is 0 Å². The molecular weight excluding hydrogens is 519 g/mol. The first-order chi connectivity index (χ1) is 17.2. The highest BCUT2D eigenvalue weighted by Crippen LogP contribution is 2.48. The zero-order valence-electron chi connectivity index (χ0n) is 20.6. The molecule has 3 N–H and O–H groups in total. The quantitative estimate of drug-likeness (QED) is 0.318. The lowest BCUT2D eigenvalue weighted by molar-refractivity contribution is -0.149. The normalized spacial score (nSPS) is 31.8. The summed E-state index contributed by atoms with van der Waals surface area (Å²) in [6.07, 6.45) is 2.02. The molecule has 2 aliphatic carbocycles. The lowest BCUT2D eigenvalue weighted by atomic mass is 9.93. The van der Waals surface area contributed by atoms with Crippen molar-refractivity contribution in [1.29, 1.82) is 0 Å². The highest BCUT2D eigenvalue weighted by Gasteiger charge is 2.61. The fraction of sp³-hybridized carbons (Fsp3) is 0.783. The van der Waals surface area contributed by atoms with Crippen LogP contribution in [0.4, 0.5) is 13.2 Å². The van der Waals surface area contributed by atoms with Crippen LogP contribution in [0.25, 0.3) is 0 Å². The number of likely N-dealkylation sites (tertiary alicyclic amines) is 1. The van der Waals surface area contributed by atoms with Crippen molar-refractivity contribution in [1.82, 2.24) is 26.0 Å². The third-order valence-electron chi connectivity index (χ3n) is 7.73. The first-order valence-corrected chi connectivity index (χ1v) is 12.8. The standard InChI is InChI=1S/C23H31ClF3N5O5/c1-22(2)6-12(18(34)29-22)10-32(21(37)17(24)25)30-20(36)16-13-5-3-4-11(13)9-31(16)15(33)8-28-19(35)14-7-23(14,26)27/h11-14,16-17H,3-10H2,1-2H3,(H,28,35)(H,29,34)(H,30,36)/t11-,12?,13-,14-,16-,17?/m0/s1. The molecular formula is C23H31ClF3N5O5. The van der Waals surface area contributed by atoms with Gasteiger partial charge in [-0.15, -0.1) is 0 Å². The van der Waals surface area contributed by atoms with Gasteiger partial charge in [-0.25, -0.2) is 18.2 Å². The third-order valence-corrected chi connectivity index (χ3v) is 7.91. The Balaban J connectivity index is 1.45. The monoisotopic (exact) mass is 549 g/mol. The molecule has 2 unspecified atom stereocenters. The first kappa shape index (κ1) is 27.5. The van der Waals surface area contributed by atoms with Crippen molar-refractivity contribution < 1.29 is 37.1 Å². The summed E-state index contributed by atoms with van der Waals surface area (Å²) in [5.41, 5.74) is -0.632. The molecule has 5 amide bonds. The topological polar surface area (TPSA) is 128 Å². The van der Waals surface area contributed by atoms with Crippen molar-refractivity contribution in [2.45, 2.75) is 69.1 Å². The largest absolute Gasteiger partial charge is 0.351 e. The smallest absolute Gasteiger partial charge is 0.291 e. The van der Waals surface area contributed by atoms with Gasteiger partial charge in [0.1, 0.15) is 12.0 Å². The van der Waals surface area contributed by atoms with Crippen LogP contribution in [0.1, 0.15) is 46.0 Å². The Morgan fingerprint density at radius 1 is 1.19 bits per heavy atom. The lowest BCUT2D eigenvalue weighted by Gasteiger charge is -2.31. The Morgan fingerprint density at radius 3 is 2.43 bits per heavy atom. The molecule has 4 fully saturated rings. The number of amides is 5. The van der Waals surface area contributed by atoms with Crippen molar-refractivity contribution in [3.05, 3.63) is 0 Å². The highest BCUT2D eigenvalue weighted by atomic mass is 35.5. The van der Waals surface area contributed by atoms with E-state index in [-0.39, 0.29) is 30.8 Å². The highest BCUT2D eigenvalue weighted by molar-refractivity contribution is 6.29. The predicted molar refractivity (Wildman–Crippen MR) is 123 cm³/mol. The molecule has 4 rings (SSSR count). The minimum atomic E-state index is -3.07. The van der Waals surface area contributed by atoms with Gasteiger partial charge >= 0.3 is 0 Å². The maximum Gasteiger partial charge on any atom is 0.291 e. The number of hydrazine groups is 1. The van der Waals surface area contributed by atoms with Gasteiger partial charge in [-0.2, -0.15) is 0 Å². The average Bonchev–Trinajstić information content (AvgIpc) is 3.11. The molecule has 37 heavy (non-hydrogen) atoms. The summed E-state index contributed by atoms with van der Waals surface area (Å²) >= 11 is 5.37. The maximum absolute atomic E-state index is 13.8. The summed E-state index contributed by atoms with van der Waals surface area (Å²) in [5.74, 6) is -9.36. The molecule has 0 bridgehead atoms. The van der Waals surface area contributed by atoms with E-state index in [1.165, 1.54) is 4.90 Å². The second-order valence-corrected chi connectivity index (χ2v) is 11.5. The van der Waals surface area contributed by atoms with E-state index in [0.29, 0.717) is 17.9 Å². The average molecular weight is 550 g/mol. The van der Waals surface area contributed by atoms with Gasteiger partial charge < -0.3 is 15.5 Å². The number of rotatable bonds is 7. The summed E-state index contributed by atoms with van der Waals surface area (Å²) < 4.78 is 40.1. The van der Waals surface area contributed by atoms with E-state index in [1.807, 2.05) is 0 Å². The van der Waals surface area contributed by atoms with Crippen LogP contribution < -0.4 is 16.1 Å². The van der Waals surface area contributed by atoms with Gasteiger partial charge in [-0.1, -0.05) is 18.0 Å². The summed E-state index contributed by atoms with van der Waals surface area (Å²) in [5, 5.41) is 5.67. The van der Waals surface area contributed by atoms with Gasteiger partial charge in [0.15, 0.2) is 0 Å². The molecule has 2 saturated carbocycles. The number of alkyl halides is 4. The molecule has 2 saturated heterocycles. The maximum atomic E-state index is 13.8. The molecule has 2 aliphatic heterocycles. The van der Waals surface area contributed by atoms with Gasteiger partial charge in [0.2, 0.25) is 17.7 Å². The van der Waals surface area contributed by atoms with Crippen molar-refractivity contribution in [3.8, 4) is 0 Å². The number of carbonyl (C=O) groups is 5. The van der Waals surface area contributed by atoms with Crippen molar-refractivity contribution >= 4 is 41.1 Å². The molecule has 0 aromatic rings. The Morgan fingerprint density at radius 2 is 1.86 bits per heavy atom. The number of hydrogen-bond acceptors (Lipinski definition) is 5.